The fraction of sp³-hybridized carbons (Fsp3) is 0.346. The Balaban J connectivity index is 1.73. The first-order valence-corrected chi connectivity index (χ1v) is 12.5. The number of anilines is 2. The molecule has 1 amide bonds. The van der Waals surface area contributed by atoms with Crippen LogP contribution in [0.5, 0.6) is 5.75 Å². The second kappa shape index (κ2) is 10.3. The van der Waals surface area contributed by atoms with Gasteiger partial charge in [0.15, 0.2) is 0 Å². The number of rotatable bonds is 8. The van der Waals surface area contributed by atoms with E-state index in [0.717, 1.165) is 52.4 Å². The van der Waals surface area contributed by atoms with Gasteiger partial charge in [0.05, 0.1) is 12.7 Å². The summed E-state index contributed by atoms with van der Waals surface area (Å²) in [6.07, 6.45) is 2.22. The first-order valence-electron chi connectivity index (χ1n) is 11.5. The zero-order valence-corrected chi connectivity index (χ0v) is 21.1. The smallest absolute Gasteiger partial charge is 0.255 e. The van der Waals surface area contributed by atoms with Crippen LogP contribution in [0.4, 0.5) is 11.6 Å². The lowest BCUT2D eigenvalue weighted by Gasteiger charge is -2.29. The summed E-state index contributed by atoms with van der Waals surface area (Å²) in [6.45, 7) is 8.12. The Morgan fingerprint density at radius 2 is 1.94 bits per heavy atom. The molecule has 34 heavy (non-hydrogen) atoms. The number of fused-ring (bicyclic) bond motifs is 1. The molecule has 2 aromatic carbocycles. The summed E-state index contributed by atoms with van der Waals surface area (Å²) in [5.41, 5.74) is 5.27. The Morgan fingerprint density at radius 3 is 2.62 bits per heavy atom. The van der Waals surface area contributed by atoms with Crippen LogP contribution in [0.3, 0.4) is 0 Å². The van der Waals surface area contributed by atoms with E-state index < -0.39 is 6.04 Å². The van der Waals surface area contributed by atoms with Crippen molar-refractivity contribution in [2.45, 2.75) is 51.7 Å². The van der Waals surface area contributed by atoms with Crippen molar-refractivity contribution >= 4 is 29.3 Å². The largest absolute Gasteiger partial charge is 0.497 e. The van der Waals surface area contributed by atoms with Crippen molar-refractivity contribution < 1.29 is 9.53 Å². The SMILES string of the molecule is CCCCSc1nc2n(n1)C(c1ccc(OC)cc1)C(C(=O)Nc1ccc(C)cc1C)=C(C)N2. The molecule has 0 radical (unpaired) electrons. The molecule has 178 valence electrons. The summed E-state index contributed by atoms with van der Waals surface area (Å²) < 4.78 is 7.16. The van der Waals surface area contributed by atoms with E-state index >= 15 is 0 Å². The van der Waals surface area contributed by atoms with Gasteiger partial charge in [0.2, 0.25) is 11.1 Å². The molecular weight excluding hydrogens is 446 g/mol. The van der Waals surface area contributed by atoms with E-state index in [9.17, 15) is 4.79 Å². The Kier molecular flexibility index (Phi) is 7.26. The maximum atomic E-state index is 13.6. The molecule has 2 N–H and O–H groups in total. The highest BCUT2D eigenvalue weighted by Crippen LogP contribution is 2.37. The van der Waals surface area contributed by atoms with Gasteiger partial charge < -0.3 is 15.4 Å². The lowest BCUT2D eigenvalue weighted by atomic mass is 9.94. The van der Waals surface area contributed by atoms with Crippen LogP contribution >= 0.6 is 11.8 Å². The summed E-state index contributed by atoms with van der Waals surface area (Å²) >= 11 is 1.64. The quantitative estimate of drug-likeness (QED) is 0.319. The number of unbranched alkanes of at least 4 members (excludes halogenated alkanes) is 1. The van der Waals surface area contributed by atoms with Crippen LogP contribution in [-0.2, 0) is 4.79 Å². The molecule has 1 aromatic heterocycles. The number of methoxy groups -OCH3 is 1. The van der Waals surface area contributed by atoms with Crippen LogP contribution in [0.15, 0.2) is 58.9 Å². The molecule has 8 heteroatoms. The molecule has 1 unspecified atom stereocenters. The second-order valence-electron chi connectivity index (χ2n) is 8.48. The molecule has 0 saturated heterocycles. The zero-order valence-electron chi connectivity index (χ0n) is 20.3. The van der Waals surface area contributed by atoms with Gasteiger partial charge in [-0.05, 0) is 56.5 Å². The van der Waals surface area contributed by atoms with E-state index in [1.54, 1.807) is 18.9 Å². The number of carbonyl (C=O) groups is 1. The monoisotopic (exact) mass is 477 g/mol. The van der Waals surface area contributed by atoms with Gasteiger partial charge in [-0.15, -0.1) is 5.10 Å². The Hall–Kier alpha value is -3.26. The van der Waals surface area contributed by atoms with Crippen molar-refractivity contribution in [1.82, 2.24) is 14.8 Å². The van der Waals surface area contributed by atoms with E-state index in [-0.39, 0.29) is 5.91 Å². The molecule has 1 aliphatic rings. The molecule has 1 atom stereocenters. The van der Waals surface area contributed by atoms with E-state index in [4.69, 9.17) is 14.8 Å². The van der Waals surface area contributed by atoms with E-state index in [1.807, 2.05) is 61.9 Å². The minimum Gasteiger partial charge on any atom is -0.497 e. The fourth-order valence-corrected chi connectivity index (χ4v) is 4.94. The third-order valence-corrected chi connectivity index (χ3v) is 6.79. The third-order valence-electron chi connectivity index (χ3n) is 5.87. The lowest BCUT2D eigenvalue weighted by molar-refractivity contribution is -0.113. The predicted octanol–water partition coefficient (Wildman–Crippen LogP) is 5.72. The Morgan fingerprint density at radius 1 is 1.18 bits per heavy atom. The number of amides is 1. The van der Waals surface area contributed by atoms with Crippen LogP contribution in [0.1, 0.15) is 49.4 Å². The average Bonchev–Trinajstić information content (AvgIpc) is 3.22. The molecule has 0 bridgehead atoms. The van der Waals surface area contributed by atoms with Crippen LogP contribution in [0.25, 0.3) is 0 Å². The van der Waals surface area contributed by atoms with E-state index in [0.29, 0.717) is 16.7 Å². The fourth-order valence-electron chi connectivity index (χ4n) is 4.03. The van der Waals surface area contributed by atoms with Crippen LogP contribution in [0.2, 0.25) is 0 Å². The Labute approximate surface area is 205 Å². The molecule has 0 fully saturated rings. The van der Waals surface area contributed by atoms with Crippen LogP contribution < -0.4 is 15.4 Å². The first kappa shape index (κ1) is 23.9. The summed E-state index contributed by atoms with van der Waals surface area (Å²) in [5.74, 6) is 2.19. The lowest BCUT2D eigenvalue weighted by Crippen LogP contribution is -2.31. The standard InChI is InChI=1S/C26H31N5O2S/c1-6-7-14-34-26-29-25-27-18(4)22(24(32)28-21-13-8-16(2)15-17(21)3)23(31(25)30-26)19-9-11-20(33-5)12-10-19/h8-13,15,23H,6-7,14H2,1-5H3,(H,28,32)(H,27,29,30). The molecular formula is C26H31N5O2S. The van der Waals surface area contributed by atoms with Crippen molar-refractivity contribution in [3.05, 3.63) is 70.4 Å². The van der Waals surface area contributed by atoms with Gasteiger partial charge in [-0.1, -0.05) is 54.9 Å². The number of allylic oxidation sites excluding steroid dienone is 1. The van der Waals surface area contributed by atoms with Gasteiger partial charge in [-0.25, -0.2) is 4.68 Å². The van der Waals surface area contributed by atoms with Crippen LogP contribution in [0, 0.1) is 13.8 Å². The molecule has 4 rings (SSSR count). The average molecular weight is 478 g/mol. The number of thioether (sulfide) groups is 1. The Bertz CT molecular complexity index is 1220. The molecule has 0 aliphatic carbocycles. The predicted molar refractivity (Wildman–Crippen MR) is 138 cm³/mol. The van der Waals surface area contributed by atoms with Gasteiger partial charge >= 0.3 is 0 Å². The molecule has 0 spiro atoms. The van der Waals surface area contributed by atoms with Gasteiger partial charge in [0.1, 0.15) is 11.8 Å². The van der Waals surface area contributed by atoms with Gasteiger partial charge in [0, 0.05) is 17.1 Å². The van der Waals surface area contributed by atoms with Gasteiger partial charge in [-0.2, -0.15) is 4.98 Å². The molecule has 3 aromatic rings. The van der Waals surface area contributed by atoms with Crippen molar-refractivity contribution in [2.75, 3.05) is 23.5 Å². The topological polar surface area (TPSA) is 81.1 Å². The number of nitrogens with one attached hydrogen (secondary N) is 2. The van der Waals surface area contributed by atoms with Crippen molar-refractivity contribution in [1.29, 1.82) is 0 Å². The number of hydrogen-bond acceptors (Lipinski definition) is 6. The van der Waals surface area contributed by atoms with Gasteiger partial charge in [-0.3, -0.25) is 4.79 Å². The van der Waals surface area contributed by atoms with Crippen molar-refractivity contribution in [3.63, 3.8) is 0 Å². The first-order chi connectivity index (χ1) is 16.4. The molecule has 1 aliphatic heterocycles. The van der Waals surface area contributed by atoms with Gasteiger partial charge in [0.25, 0.3) is 5.91 Å². The summed E-state index contributed by atoms with van der Waals surface area (Å²) in [7, 11) is 1.64. The number of hydrogen-bond donors (Lipinski definition) is 2. The minimum atomic E-state index is -0.416. The van der Waals surface area contributed by atoms with Crippen LogP contribution in [-0.4, -0.2) is 33.5 Å². The minimum absolute atomic E-state index is 0.167. The number of ether oxygens (including phenoxy) is 1. The molecule has 0 saturated carbocycles. The number of aryl methyl sites for hydroxylation is 2. The highest BCUT2D eigenvalue weighted by atomic mass is 32.2. The summed E-state index contributed by atoms with van der Waals surface area (Å²) in [5, 5.41) is 11.9. The maximum Gasteiger partial charge on any atom is 0.255 e. The second-order valence-corrected chi connectivity index (χ2v) is 9.54. The molecule has 2 heterocycles. The van der Waals surface area contributed by atoms with E-state index in [1.165, 1.54) is 0 Å². The van der Waals surface area contributed by atoms with E-state index in [2.05, 4.69) is 23.6 Å². The normalized spacial score (nSPS) is 15.0. The molecule has 7 nitrogen and oxygen atoms in total. The number of carbonyl (C=O) groups excluding carboxylic acids is 1. The number of nitrogens with zero attached hydrogens (tertiary/aromatic N) is 3. The highest BCUT2D eigenvalue weighted by molar-refractivity contribution is 7.99. The maximum absolute atomic E-state index is 13.6. The number of aromatic nitrogens is 3. The summed E-state index contributed by atoms with van der Waals surface area (Å²) in [6, 6.07) is 13.3. The third kappa shape index (κ3) is 4.97. The van der Waals surface area contributed by atoms with Crippen molar-refractivity contribution in [3.8, 4) is 5.75 Å². The zero-order chi connectivity index (χ0) is 24.2. The highest BCUT2D eigenvalue weighted by Gasteiger charge is 2.34. The summed E-state index contributed by atoms with van der Waals surface area (Å²) in [4.78, 5) is 18.3. The number of benzene rings is 2. The van der Waals surface area contributed by atoms with Crippen molar-refractivity contribution in [2.24, 2.45) is 0 Å².